The number of aryl methyl sites for hydroxylation is 3. The van der Waals surface area contributed by atoms with Crippen molar-refractivity contribution in [3.63, 3.8) is 0 Å². The molecular formula is C29H26IN3O6. The molecule has 3 aromatic carbocycles. The lowest BCUT2D eigenvalue weighted by Crippen LogP contribution is -2.54. The van der Waals surface area contributed by atoms with E-state index in [1.54, 1.807) is 36.4 Å². The molecule has 0 atom stereocenters. The number of carbonyl (C=O) groups excluding carboxylic acids is 4. The Morgan fingerprint density at radius 3 is 2.49 bits per heavy atom. The van der Waals surface area contributed by atoms with Gasteiger partial charge in [0.15, 0.2) is 18.1 Å². The van der Waals surface area contributed by atoms with Crippen LogP contribution in [0, 0.1) is 24.3 Å². The minimum Gasteiger partial charge on any atom is -0.493 e. The van der Waals surface area contributed by atoms with Gasteiger partial charge < -0.3 is 14.8 Å². The van der Waals surface area contributed by atoms with Gasteiger partial charge in [0.05, 0.1) is 16.4 Å². The van der Waals surface area contributed by atoms with Crippen molar-refractivity contribution in [3.05, 3.63) is 86.0 Å². The molecule has 10 heteroatoms. The van der Waals surface area contributed by atoms with E-state index in [0.717, 1.165) is 21.6 Å². The number of carbonyl (C=O) groups is 4. The number of barbiturate groups is 1. The van der Waals surface area contributed by atoms with Gasteiger partial charge in [-0.2, -0.15) is 0 Å². The van der Waals surface area contributed by atoms with Crippen molar-refractivity contribution in [2.45, 2.75) is 20.8 Å². The van der Waals surface area contributed by atoms with Gasteiger partial charge in [0.2, 0.25) is 0 Å². The summed E-state index contributed by atoms with van der Waals surface area (Å²) in [5.74, 6) is -1.24. The van der Waals surface area contributed by atoms with Crippen molar-refractivity contribution in [2.24, 2.45) is 0 Å². The number of ether oxygens (including phenoxy) is 2. The summed E-state index contributed by atoms with van der Waals surface area (Å²) in [4.78, 5) is 51.8. The number of nitrogens with one attached hydrogen (secondary N) is 2. The average molecular weight is 639 g/mol. The highest BCUT2D eigenvalue weighted by atomic mass is 127. The second-order valence-corrected chi connectivity index (χ2v) is 10.1. The Kier molecular flexibility index (Phi) is 8.34. The first kappa shape index (κ1) is 27.8. The van der Waals surface area contributed by atoms with Crippen LogP contribution in [-0.4, -0.2) is 37.5 Å². The summed E-state index contributed by atoms with van der Waals surface area (Å²) in [7, 11) is 1.45. The summed E-state index contributed by atoms with van der Waals surface area (Å²) in [5.41, 5.74) is 4.21. The summed E-state index contributed by atoms with van der Waals surface area (Å²) in [6.45, 7) is 5.47. The van der Waals surface area contributed by atoms with Crippen LogP contribution in [0.4, 0.5) is 16.2 Å². The van der Waals surface area contributed by atoms with Crippen LogP contribution in [-0.2, 0) is 14.4 Å². The van der Waals surface area contributed by atoms with Gasteiger partial charge in [0, 0.05) is 5.69 Å². The van der Waals surface area contributed by atoms with Gasteiger partial charge in [0.25, 0.3) is 17.7 Å². The molecule has 200 valence electrons. The minimum absolute atomic E-state index is 0.211. The highest BCUT2D eigenvalue weighted by Crippen LogP contribution is 2.35. The van der Waals surface area contributed by atoms with Gasteiger partial charge in [-0.05, 0) is 108 Å². The third kappa shape index (κ3) is 6.28. The van der Waals surface area contributed by atoms with E-state index in [4.69, 9.17) is 9.47 Å². The predicted molar refractivity (Wildman–Crippen MR) is 156 cm³/mol. The third-order valence-corrected chi connectivity index (χ3v) is 6.86. The van der Waals surface area contributed by atoms with Gasteiger partial charge in [-0.15, -0.1) is 0 Å². The minimum atomic E-state index is -0.815. The summed E-state index contributed by atoms with van der Waals surface area (Å²) in [6, 6.07) is 15.0. The lowest BCUT2D eigenvalue weighted by atomic mass is 10.0. The van der Waals surface area contributed by atoms with E-state index in [2.05, 4.69) is 10.6 Å². The zero-order valence-corrected chi connectivity index (χ0v) is 23.9. The lowest BCUT2D eigenvalue weighted by Gasteiger charge is -2.27. The maximum absolute atomic E-state index is 13.3. The Labute approximate surface area is 239 Å². The van der Waals surface area contributed by atoms with Crippen LogP contribution < -0.4 is 25.0 Å². The first-order valence-corrected chi connectivity index (χ1v) is 13.0. The van der Waals surface area contributed by atoms with E-state index in [0.29, 0.717) is 32.0 Å². The summed E-state index contributed by atoms with van der Waals surface area (Å²) in [5, 5.41) is 5.01. The predicted octanol–water partition coefficient (Wildman–Crippen LogP) is 4.91. The van der Waals surface area contributed by atoms with Crippen LogP contribution in [0.15, 0.2) is 60.2 Å². The normalized spacial score (nSPS) is 14.3. The zero-order valence-electron chi connectivity index (χ0n) is 21.8. The van der Waals surface area contributed by atoms with E-state index in [9.17, 15) is 19.2 Å². The number of benzene rings is 3. The van der Waals surface area contributed by atoms with E-state index < -0.39 is 17.8 Å². The lowest BCUT2D eigenvalue weighted by molar-refractivity contribution is -0.122. The number of methoxy groups -OCH3 is 1. The molecule has 5 amide bonds. The first-order valence-electron chi connectivity index (χ1n) is 11.9. The largest absolute Gasteiger partial charge is 0.493 e. The molecule has 0 aromatic heterocycles. The first-order chi connectivity index (χ1) is 18.6. The molecule has 9 nitrogen and oxygen atoms in total. The number of imide groups is 2. The monoisotopic (exact) mass is 639 g/mol. The number of anilines is 2. The summed E-state index contributed by atoms with van der Waals surface area (Å²) >= 11 is 2.02. The fraction of sp³-hybridized carbons (Fsp3) is 0.172. The van der Waals surface area contributed by atoms with Crippen LogP contribution in [0.1, 0.15) is 22.3 Å². The zero-order chi connectivity index (χ0) is 28.3. The Balaban J connectivity index is 1.57. The summed E-state index contributed by atoms with van der Waals surface area (Å²) < 4.78 is 11.8. The van der Waals surface area contributed by atoms with Gasteiger partial charge in [-0.3, -0.25) is 19.7 Å². The molecule has 39 heavy (non-hydrogen) atoms. The number of amides is 5. The Bertz CT molecular complexity index is 1530. The number of hydrogen-bond acceptors (Lipinski definition) is 6. The van der Waals surface area contributed by atoms with Crippen LogP contribution in [0.2, 0.25) is 0 Å². The number of rotatable bonds is 7. The molecule has 1 heterocycles. The molecule has 1 fully saturated rings. The summed E-state index contributed by atoms with van der Waals surface area (Å²) in [6.07, 6.45) is 1.39. The number of halogens is 1. The number of hydrogen-bond donors (Lipinski definition) is 2. The van der Waals surface area contributed by atoms with Gasteiger partial charge in [-0.25, -0.2) is 9.69 Å². The molecule has 0 bridgehead atoms. The molecule has 4 rings (SSSR count). The highest BCUT2D eigenvalue weighted by Gasteiger charge is 2.37. The number of urea groups is 1. The van der Waals surface area contributed by atoms with Crippen LogP contribution >= 0.6 is 22.6 Å². The average Bonchev–Trinajstić information content (AvgIpc) is 2.87. The molecule has 2 N–H and O–H groups in total. The van der Waals surface area contributed by atoms with Gasteiger partial charge in [-0.1, -0.05) is 18.2 Å². The van der Waals surface area contributed by atoms with Gasteiger partial charge in [0.1, 0.15) is 5.57 Å². The maximum Gasteiger partial charge on any atom is 0.335 e. The second-order valence-electron chi connectivity index (χ2n) is 8.97. The Morgan fingerprint density at radius 2 is 1.79 bits per heavy atom. The standard InChI is InChI=1S/C29H26IN3O6/c1-16-6-5-7-20(10-16)31-25(34)15-39-26-23(30)13-19(14-24(26)38-4)12-22-27(35)32-29(37)33(28(22)36)21-9-8-17(2)18(3)11-21/h5-14H,15H2,1-4H3,(H,31,34)(H,32,35,37)/b22-12+. The third-order valence-electron chi connectivity index (χ3n) is 6.06. The molecule has 1 aliphatic rings. The molecule has 0 aliphatic carbocycles. The maximum atomic E-state index is 13.3. The van der Waals surface area contributed by atoms with Crippen molar-refractivity contribution in [3.8, 4) is 11.5 Å². The van der Waals surface area contributed by atoms with Crippen molar-refractivity contribution < 1.29 is 28.7 Å². The van der Waals surface area contributed by atoms with Gasteiger partial charge >= 0.3 is 6.03 Å². The van der Waals surface area contributed by atoms with Crippen LogP contribution in [0.25, 0.3) is 6.08 Å². The highest BCUT2D eigenvalue weighted by molar-refractivity contribution is 14.1. The quantitative estimate of drug-likeness (QED) is 0.216. The topological polar surface area (TPSA) is 114 Å². The fourth-order valence-corrected chi connectivity index (χ4v) is 4.73. The fourth-order valence-electron chi connectivity index (χ4n) is 3.94. The van der Waals surface area contributed by atoms with Crippen molar-refractivity contribution >= 4 is 63.8 Å². The Morgan fingerprint density at radius 1 is 1.03 bits per heavy atom. The molecule has 0 radical (unpaired) electrons. The van der Waals surface area contributed by atoms with Crippen molar-refractivity contribution in [1.29, 1.82) is 0 Å². The molecule has 0 unspecified atom stereocenters. The molecule has 0 spiro atoms. The van der Waals surface area contributed by atoms with Crippen molar-refractivity contribution in [1.82, 2.24) is 5.32 Å². The van der Waals surface area contributed by atoms with E-state index in [-0.39, 0.29) is 18.1 Å². The van der Waals surface area contributed by atoms with E-state index in [1.807, 2.05) is 61.6 Å². The molecule has 1 aliphatic heterocycles. The molecule has 3 aromatic rings. The van der Waals surface area contributed by atoms with Crippen LogP contribution in [0.3, 0.4) is 0 Å². The number of nitrogens with zero attached hydrogens (tertiary/aromatic N) is 1. The molecular weight excluding hydrogens is 613 g/mol. The smallest absolute Gasteiger partial charge is 0.335 e. The SMILES string of the molecule is COc1cc(/C=C2\C(=O)NC(=O)N(c3ccc(C)c(C)c3)C2=O)cc(I)c1OCC(=O)Nc1cccc(C)c1. The molecule has 0 saturated carbocycles. The molecule has 1 saturated heterocycles. The van der Waals surface area contributed by atoms with E-state index >= 15 is 0 Å². The Hall–Kier alpha value is -4.19. The van der Waals surface area contributed by atoms with Crippen LogP contribution in [0.5, 0.6) is 11.5 Å². The second kappa shape index (κ2) is 11.7. The van der Waals surface area contributed by atoms with E-state index in [1.165, 1.54) is 13.2 Å². The van der Waals surface area contributed by atoms with Crippen molar-refractivity contribution in [2.75, 3.05) is 23.9 Å².